The molecule has 5 heteroatoms. The predicted molar refractivity (Wildman–Crippen MR) is 79.5 cm³/mol. The highest BCUT2D eigenvalue weighted by atomic mass is 16.5. The van der Waals surface area contributed by atoms with Gasteiger partial charge in [-0.15, -0.1) is 0 Å². The predicted octanol–water partition coefficient (Wildman–Crippen LogP) is 0.826. The van der Waals surface area contributed by atoms with E-state index in [1.54, 1.807) is 0 Å². The molecule has 3 unspecified atom stereocenters. The molecule has 2 saturated heterocycles. The molecule has 0 spiro atoms. The maximum absolute atomic E-state index is 12.4. The lowest BCUT2D eigenvalue weighted by molar-refractivity contribution is -0.135. The summed E-state index contributed by atoms with van der Waals surface area (Å²) in [7, 11) is 0. The molecular weight excluding hydrogens is 254 g/mol. The van der Waals surface area contributed by atoms with Crippen LogP contribution < -0.4 is 5.73 Å². The van der Waals surface area contributed by atoms with Crippen LogP contribution in [0.3, 0.4) is 0 Å². The van der Waals surface area contributed by atoms with Crippen molar-refractivity contribution in [3.63, 3.8) is 0 Å². The lowest BCUT2D eigenvalue weighted by Gasteiger charge is -2.42. The average Bonchev–Trinajstić information content (AvgIpc) is 2.48. The van der Waals surface area contributed by atoms with Crippen LogP contribution in [0.5, 0.6) is 0 Å². The Balaban J connectivity index is 1.91. The van der Waals surface area contributed by atoms with Gasteiger partial charge in [-0.3, -0.25) is 9.69 Å². The summed E-state index contributed by atoms with van der Waals surface area (Å²) in [6.45, 7) is 8.22. The smallest absolute Gasteiger partial charge is 0.224 e. The van der Waals surface area contributed by atoms with Gasteiger partial charge in [0.2, 0.25) is 5.91 Å². The molecule has 5 nitrogen and oxygen atoms in total. The zero-order valence-corrected chi connectivity index (χ0v) is 12.9. The van der Waals surface area contributed by atoms with Crippen LogP contribution in [0.4, 0.5) is 0 Å². The third-order valence-corrected chi connectivity index (χ3v) is 4.52. The van der Waals surface area contributed by atoms with Crippen molar-refractivity contribution in [2.75, 3.05) is 32.8 Å². The van der Waals surface area contributed by atoms with E-state index < -0.39 is 0 Å². The topological polar surface area (TPSA) is 58.8 Å². The van der Waals surface area contributed by atoms with Crippen LogP contribution in [-0.2, 0) is 9.53 Å². The first-order chi connectivity index (χ1) is 9.61. The van der Waals surface area contributed by atoms with Crippen LogP contribution in [0.25, 0.3) is 0 Å². The molecule has 2 N–H and O–H groups in total. The van der Waals surface area contributed by atoms with E-state index in [1.807, 2.05) is 4.90 Å². The summed E-state index contributed by atoms with van der Waals surface area (Å²) in [6, 6.07) is 0.486. The number of carbonyl (C=O) groups excluding carboxylic acids is 1. The maximum atomic E-state index is 12.4. The number of likely N-dealkylation sites (tertiary alicyclic amines) is 1. The summed E-state index contributed by atoms with van der Waals surface area (Å²) in [5, 5.41) is 0. The fourth-order valence-corrected chi connectivity index (χ4v) is 3.25. The number of carbonyl (C=O) groups is 1. The number of hydrogen-bond acceptors (Lipinski definition) is 4. The van der Waals surface area contributed by atoms with Crippen LogP contribution in [0, 0.1) is 0 Å². The molecule has 0 aromatic carbocycles. The van der Waals surface area contributed by atoms with E-state index in [4.69, 9.17) is 10.5 Å². The van der Waals surface area contributed by atoms with Gasteiger partial charge in [0, 0.05) is 44.7 Å². The number of nitrogens with zero attached hydrogens (tertiary/aromatic N) is 2. The minimum Gasteiger partial charge on any atom is -0.376 e. The Morgan fingerprint density at radius 2 is 2.00 bits per heavy atom. The number of rotatable bonds is 4. The van der Waals surface area contributed by atoms with E-state index in [-0.39, 0.29) is 18.1 Å². The van der Waals surface area contributed by atoms with E-state index in [2.05, 4.69) is 18.7 Å². The van der Waals surface area contributed by atoms with Gasteiger partial charge in [-0.05, 0) is 33.1 Å². The van der Waals surface area contributed by atoms with Gasteiger partial charge in [0.15, 0.2) is 0 Å². The molecule has 3 atom stereocenters. The summed E-state index contributed by atoms with van der Waals surface area (Å²) in [5.41, 5.74) is 5.94. The molecular formula is C15H29N3O2. The third-order valence-electron chi connectivity index (χ3n) is 4.52. The maximum Gasteiger partial charge on any atom is 0.224 e. The number of ether oxygens (including phenoxy) is 1. The first kappa shape index (κ1) is 15.7. The lowest BCUT2D eigenvalue weighted by atomic mass is 10.0. The molecule has 2 aliphatic heterocycles. The zero-order chi connectivity index (χ0) is 14.5. The minimum absolute atomic E-state index is 0.144. The third kappa shape index (κ3) is 3.93. The van der Waals surface area contributed by atoms with Gasteiger partial charge >= 0.3 is 0 Å². The Hall–Kier alpha value is -0.650. The Bertz CT molecular complexity index is 318. The highest BCUT2D eigenvalue weighted by molar-refractivity contribution is 5.77. The van der Waals surface area contributed by atoms with Gasteiger partial charge in [-0.25, -0.2) is 0 Å². The van der Waals surface area contributed by atoms with Gasteiger partial charge in [-0.2, -0.15) is 0 Å². The standard InChI is InChI=1S/C15H29N3O2/c1-12-11-20-13(2)10-18(12)14(9-16)8-15(19)17-6-4-3-5-7-17/h12-14H,3-11,16H2,1-2H3. The fraction of sp³-hybridized carbons (Fsp3) is 0.933. The Labute approximate surface area is 122 Å². The van der Waals surface area contributed by atoms with Crippen molar-refractivity contribution in [2.45, 2.75) is 57.7 Å². The minimum atomic E-state index is 0.144. The van der Waals surface area contributed by atoms with Gasteiger partial charge in [-0.1, -0.05) is 0 Å². The second-order valence-electron chi connectivity index (χ2n) is 6.22. The van der Waals surface area contributed by atoms with Crippen LogP contribution in [-0.4, -0.2) is 66.7 Å². The second kappa shape index (κ2) is 7.38. The van der Waals surface area contributed by atoms with E-state index in [9.17, 15) is 4.79 Å². The second-order valence-corrected chi connectivity index (χ2v) is 6.22. The average molecular weight is 283 g/mol. The number of hydrogen-bond donors (Lipinski definition) is 1. The SMILES string of the molecule is CC1CN(C(CN)CC(=O)N2CCCCC2)C(C)CO1. The first-order valence-electron chi connectivity index (χ1n) is 7.97. The molecule has 20 heavy (non-hydrogen) atoms. The number of nitrogens with two attached hydrogens (primary N) is 1. The van der Waals surface area contributed by atoms with Crippen molar-refractivity contribution in [3.05, 3.63) is 0 Å². The zero-order valence-electron chi connectivity index (χ0n) is 12.9. The molecule has 0 aromatic rings. The van der Waals surface area contributed by atoms with E-state index in [1.165, 1.54) is 6.42 Å². The molecule has 0 aliphatic carbocycles. The van der Waals surface area contributed by atoms with Gasteiger partial charge in [0.05, 0.1) is 12.7 Å². The van der Waals surface area contributed by atoms with Crippen LogP contribution in [0.2, 0.25) is 0 Å². The lowest BCUT2D eigenvalue weighted by Crippen LogP contribution is -2.55. The van der Waals surface area contributed by atoms with Crippen molar-refractivity contribution in [1.29, 1.82) is 0 Å². The number of piperidine rings is 1. The van der Waals surface area contributed by atoms with Crippen LogP contribution in [0.15, 0.2) is 0 Å². The van der Waals surface area contributed by atoms with Gasteiger partial charge in [0.25, 0.3) is 0 Å². The van der Waals surface area contributed by atoms with E-state index in [0.717, 1.165) is 39.1 Å². The van der Waals surface area contributed by atoms with Crippen molar-refractivity contribution in [3.8, 4) is 0 Å². The quantitative estimate of drug-likeness (QED) is 0.830. The van der Waals surface area contributed by atoms with Gasteiger partial charge in [0.1, 0.15) is 0 Å². The van der Waals surface area contributed by atoms with Crippen LogP contribution >= 0.6 is 0 Å². The molecule has 1 amide bonds. The largest absolute Gasteiger partial charge is 0.376 e. The molecule has 0 radical (unpaired) electrons. The Morgan fingerprint density at radius 3 is 2.65 bits per heavy atom. The van der Waals surface area contributed by atoms with Crippen molar-refractivity contribution in [2.24, 2.45) is 5.73 Å². The van der Waals surface area contributed by atoms with E-state index in [0.29, 0.717) is 19.0 Å². The van der Waals surface area contributed by atoms with Crippen LogP contribution in [0.1, 0.15) is 39.5 Å². The van der Waals surface area contributed by atoms with E-state index >= 15 is 0 Å². The van der Waals surface area contributed by atoms with Crippen molar-refractivity contribution < 1.29 is 9.53 Å². The molecule has 0 aromatic heterocycles. The highest BCUT2D eigenvalue weighted by Gasteiger charge is 2.31. The summed E-state index contributed by atoms with van der Waals surface area (Å²) in [6.07, 6.45) is 4.31. The first-order valence-corrected chi connectivity index (χ1v) is 7.97. The summed E-state index contributed by atoms with van der Waals surface area (Å²) >= 11 is 0. The molecule has 116 valence electrons. The summed E-state index contributed by atoms with van der Waals surface area (Å²) < 4.78 is 5.66. The fourth-order valence-electron chi connectivity index (χ4n) is 3.25. The highest BCUT2D eigenvalue weighted by Crippen LogP contribution is 2.18. The summed E-state index contributed by atoms with van der Waals surface area (Å²) in [5.74, 6) is 0.270. The molecule has 0 bridgehead atoms. The molecule has 2 rings (SSSR count). The Morgan fingerprint density at radius 1 is 1.30 bits per heavy atom. The molecule has 2 aliphatic rings. The van der Waals surface area contributed by atoms with Crippen molar-refractivity contribution in [1.82, 2.24) is 9.80 Å². The molecule has 2 heterocycles. The molecule has 0 saturated carbocycles. The monoisotopic (exact) mass is 283 g/mol. The molecule has 2 fully saturated rings. The van der Waals surface area contributed by atoms with Gasteiger partial charge < -0.3 is 15.4 Å². The number of amides is 1. The number of morpholine rings is 1. The Kier molecular flexibility index (Phi) is 5.81. The normalized spacial score (nSPS) is 30.2. The summed E-state index contributed by atoms with van der Waals surface area (Å²) in [4.78, 5) is 16.8. The van der Waals surface area contributed by atoms with Crippen molar-refractivity contribution >= 4 is 5.91 Å².